The molecule has 100 valence electrons. The van der Waals surface area contributed by atoms with Crippen LogP contribution >= 0.6 is 15.9 Å². The first-order chi connectivity index (χ1) is 8.75. The van der Waals surface area contributed by atoms with Crippen LogP contribution in [0.4, 0.5) is 4.39 Å². The molecule has 0 spiro atoms. The largest absolute Gasteiger partial charge is 0.314 e. The Bertz CT molecular complexity index is 380. The van der Waals surface area contributed by atoms with Gasteiger partial charge in [-0.1, -0.05) is 15.9 Å². The molecule has 0 atom stereocenters. The summed E-state index contributed by atoms with van der Waals surface area (Å²) in [4.78, 5) is 2.37. The third-order valence-corrected chi connectivity index (χ3v) is 3.62. The fourth-order valence-corrected chi connectivity index (χ4v) is 2.47. The van der Waals surface area contributed by atoms with Crippen LogP contribution in [0, 0.1) is 5.82 Å². The molecule has 0 radical (unpaired) electrons. The van der Waals surface area contributed by atoms with Gasteiger partial charge in [0.2, 0.25) is 0 Å². The Morgan fingerprint density at radius 2 is 2.11 bits per heavy atom. The summed E-state index contributed by atoms with van der Waals surface area (Å²) in [6.45, 7) is 5.97. The molecule has 1 saturated heterocycles. The third-order valence-electron chi connectivity index (χ3n) is 3.12. The predicted molar refractivity (Wildman–Crippen MR) is 75.1 cm³/mol. The Labute approximate surface area is 116 Å². The maximum atomic E-state index is 13.5. The van der Waals surface area contributed by atoms with Gasteiger partial charge in [0.25, 0.3) is 0 Å². The van der Waals surface area contributed by atoms with E-state index in [1.807, 2.05) is 6.07 Å². The lowest BCUT2D eigenvalue weighted by molar-refractivity contribution is 0.224. The van der Waals surface area contributed by atoms with Gasteiger partial charge in [0.05, 0.1) is 0 Å². The summed E-state index contributed by atoms with van der Waals surface area (Å²) >= 11 is 3.37. The zero-order chi connectivity index (χ0) is 12.8. The summed E-state index contributed by atoms with van der Waals surface area (Å²) in [5.74, 6) is -0.123. The molecule has 1 aromatic carbocycles. The Kier molecular flexibility index (Phi) is 5.56. The van der Waals surface area contributed by atoms with Crippen molar-refractivity contribution in [3.63, 3.8) is 0 Å². The molecule has 0 aliphatic carbocycles. The van der Waals surface area contributed by atoms with E-state index in [0.717, 1.165) is 55.8 Å². The van der Waals surface area contributed by atoms with Crippen LogP contribution in [-0.4, -0.2) is 44.3 Å². The van der Waals surface area contributed by atoms with E-state index in [4.69, 9.17) is 0 Å². The van der Waals surface area contributed by atoms with E-state index < -0.39 is 0 Å². The summed E-state index contributed by atoms with van der Waals surface area (Å²) in [5.41, 5.74) is 0.761. The molecule has 0 aromatic heterocycles. The van der Waals surface area contributed by atoms with Crippen molar-refractivity contribution in [3.05, 3.63) is 34.1 Å². The summed E-state index contributed by atoms with van der Waals surface area (Å²) in [6.07, 6.45) is 0.720. The van der Waals surface area contributed by atoms with E-state index in [2.05, 4.69) is 31.5 Å². The average Bonchev–Trinajstić information content (AvgIpc) is 2.40. The van der Waals surface area contributed by atoms with Crippen molar-refractivity contribution < 1.29 is 4.39 Å². The van der Waals surface area contributed by atoms with Crippen LogP contribution in [0.1, 0.15) is 5.56 Å². The molecule has 18 heavy (non-hydrogen) atoms. The average molecular weight is 316 g/mol. The van der Waals surface area contributed by atoms with Gasteiger partial charge in [0, 0.05) is 43.9 Å². The van der Waals surface area contributed by atoms with E-state index in [1.54, 1.807) is 6.07 Å². The summed E-state index contributed by atoms with van der Waals surface area (Å²) in [7, 11) is 0. The number of benzene rings is 1. The van der Waals surface area contributed by atoms with Crippen molar-refractivity contribution >= 4 is 15.9 Å². The second-order valence-corrected chi connectivity index (χ2v) is 5.43. The van der Waals surface area contributed by atoms with Crippen LogP contribution in [0.2, 0.25) is 0 Å². The first-order valence-corrected chi connectivity index (χ1v) is 7.13. The lowest BCUT2D eigenvalue weighted by atomic mass is 10.1. The van der Waals surface area contributed by atoms with Crippen LogP contribution in [0.25, 0.3) is 0 Å². The highest BCUT2D eigenvalue weighted by Gasteiger charge is 2.08. The third kappa shape index (κ3) is 4.31. The summed E-state index contributed by atoms with van der Waals surface area (Å²) in [5, 5.41) is 6.69. The normalized spacial score (nSPS) is 17.0. The van der Waals surface area contributed by atoms with Crippen LogP contribution in [0.15, 0.2) is 22.7 Å². The number of piperazine rings is 1. The monoisotopic (exact) mass is 315 g/mol. The molecule has 2 rings (SSSR count). The van der Waals surface area contributed by atoms with Gasteiger partial charge in [-0.05, 0) is 30.2 Å². The topological polar surface area (TPSA) is 27.3 Å². The van der Waals surface area contributed by atoms with E-state index >= 15 is 0 Å². The molecular formula is C13H19BrFN3. The predicted octanol–water partition coefficient (Wildman–Crippen LogP) is 1.58. The highest BCUT2D eigenvalue weighted by molar-refractivity contribution is 9.10. The fraction of sp³-hybridized carbons (Fsp3) is 0.538. The highest BCUT2D eigenvalue weighted by Crippen LogP contribution is 2.15. The van der Waals surface area contributed by atoms with Crippen molar-refractivity contribution in [2.75, 3.05) is 39.4 Å². The highest BCUT2D eigenvalue weighted by atomic mass is 79.9. The molecule has 0 unspecified atom stereocenters. The van der Waals surface area contributed by atoms with Gasteiger partial charge in [-0.2, -0.15) is 0 Å². The van der Waals surface area contributed by atoms with Gasteiger partial charge in [-0.15, -0.1) is 0 Å². The van der Waals surface area contributed by atoms with Gasteiger partial charge in [-0.25, -0.2) is 4.39 Å². The van der Waals surface area contributed by atoms with E-state index in [-0.39, 0.29) is 5.82 Å². The zero-order valence-electron chi connectivity index (χ0n) is 10.4. The van der Waals surface area contributed by atoms with Crippen LogP contribution in [0.5, 0.6) is 0 Å². The zero-order valence-corrected chi connectivity index (χ0v) is 12.0. The second-order valence-electron chi connectivity index (χ2n) is 4.51. The smallest absolute Gasteiger partial charge is 0.126 e. The quantitative estimate of drug-likeness (QED) is 0.808. The van der Waals surface area contributed by atoms with Gasteiger partial charge in [0.1, 0.15) is 5.82 Å². The van der Waals surface area contributed by atoms with E-state index in [9.17, 15) is 4.39 Å². The van der Waals surface area contributed by atoms with Crippen molar-refractivity contribution in [2.24, 2.45) is 0 Å². The number of nitrogens with zero attached hydrogens (tertiary/aromatic N) is 1. The molecule has 1 heterocycles. The van der Waals surface area contributed by atoms with Crippen LogP contribution < -0.4 is 10.6 Å². The van der Waals surface area contributed by atoms with Gasteiger partial charge >= 0.3 is 0 Å². The molecular weight excluding hydrogens is 297 g/mol. The minimum atomic E-state index is -0.123. The molecule has 1 aromatic rings. The lowest BCUT2D eigenvalue weighted by Gasteiger charge is -2.27. The van der Waals surface area contributed by atoms with E-state index in [1.165, 1.54) is 6.07 Å². The van der Waals surface area contributed by atoms with Crippen LogP contribution in [0.3, 0.4) is 0 Å². The molecule has 1 fully saturated rings. The van der Waals surface area contributed by atoms with Crippen molar-refractivity contribution in [3.8, 4) is 0 Å². The standard InChI is InChI=1S/C13H19BrFN3/c14-12-1-2-13(15)11(9-12)3-4-17-10-18-7-5-16-6-8-18/h1-2,9,16-17H,3-8,10H2. The Balaban J connectivity index is 1.69. The first kappa shape index (κ1) is 13.9. The van der Waals surface area contributed by atoms with E-state index in [0.29, 0.717) is 0 Å². The Morgan fingerprint density at radius 3 is 2.89 bits per heavy atom. The fourth-order valence-electron chi connectivity index (χ4n) is 2.06. The summed E-state index contributed by atoms with van der Waals surface area (Å²) in [6, 6.07) is 5.09. The molecule has 3 nitrogen and oxygen atoms in total. The Morgan fingerprint density at radius 1 is 1.33 bits per heavy atom. The SMILES string of the molecule is Fc1ccc(Br)cc1CCNCN1CCNCC1. The molecule has 2 N–H and O–H groups in total. The number of nitrogens with one attached hydrogen (secondary N) is 2. The van der Waals surface area contributed by atoms with Gasteiger partial charge in [0.15, 0.2) is 0 Å². The van der Waals surface area contributed by atoms with Crippen molar-refractivity contribution in [1.82, 2.24) is 15.5 Å². The minimum Gasteiger partial charge on any atom is -0.314 e. The number of hydrogen-bond acceptors (Lipinski definition) is 3. The van der Waals surface area contributed by atoms with Crippen molar-refractivity contribution in [1.29, 1.82) is 0 Å². The second kappa shape index (κ2) is 7.19. The number of rotatable bonds is 5. The summed E-state index contributed by atoms with van der Waals surface area (Å²) < 4.78 is 14.4. The maximum Gasteiger partial charge on any atom is 0.126 e. The first-order valence-electron chi connectivity index (χ1n) is 6.33. The molecule has 0 bridgehead atoms. The van der Waals surface area contributed by atoms with Crippen LogP contribution in [-0.2, 0) is 6.42 Å². The maximum absolute atomic E-state index is 13.5. The molecule has 1 aliphatic rings. The number of halogens is 2. The lowest BCUT2D eigenvalue weighted by Crippen LogP contribution is -2.47. The minimum absolute atomic E-state index is 0.123. The van der Waals surface area contributed by atoms with Crippen molar-refractivity contribution in [2.45, 2.75) is 6.42 Å². The molecule has 5 heteroatoms. The van der Waals surface area contributed by atoms with Gasteiger partial charge < -0.3 is 10.6 Å². The van der Waals surface area contributed by atoms with Gasteiger partial charge in [-0.3, -0.25) is 4.90 Å². The molecule has 0 saturated carbocycles. The molecule has 0 amide bonds. The Hall–Kier alpha value is -0.490. The molecule has 1 aliphatic heterocycles. The number of hydrogen-bond donors (Lipinski definition) is 2.